The molecule has 128 valence electrons. The number of urea groups is 1. The molecule has 1 fully saturated rings. The second-order valence-electron chi connectivity index (χ2n) is 5.70. The molecular formula is C19H18N2O4. The van der Waals surface area contributed by atoms with Crippen molar-refractivity contribution in [3.63, 3.8) is 0 Å². The van der Waals surface area contributed by atoms with Gasteiger partial charge >= 0.3 is 6.03 Å². The molecule has 1 saturated heterocycles. The van der Waals surface area contributed by atoms with Crippen molar-refractivity contribution in [3.05, 3.63) is 47.5 Å². The highest BCUT2D eigenvalue weighted by molar-refractivity contribution is 6.31. The minimum atomic E-state index is -0.643. The molecule has 0 atom stereocenters. The van der Waals surface area contributed by atoms with Gasteiger partial charge in [0.05, 0.1) is 6.61 Å². The molecule has 1 heterocycles. The maximum absolute atomic E-state index is 12.4. The first-order valence-corrected chi connectivity index (χ1v) is 7.92. The molecule has 2 aromatic carbocycles. The van der Waals surface area contributed by atoms with Gasteiger partial charge in [-0.3, -0.25) is 19.4 Å². The smallest absolute Gasteiger partial charge is 0.333 e. The van der Waals surface area contributed by atoms with Crippen LogP contribution < -0.4 is 4.74 Å². The van der Waals surface area contributed by atoms with Gasteiger partial charge in [-0.05, 0) is 29.8 Å². The summed E-state index contributed by atoms with van der Waals surface area (Å²) in [4.78, 5) is 38.6. The molecule has 6 nitrogen and oxygen atoms in total. The van der Waals surface area contributed by atoms with Crippen LogP contribution in [0.5, 0.6) is 5.75 Å². The Balaban J connectivity index is 2.23. The molecule has 0 spiro atoms. The summed E-state index contributed by atoms with van der Waals surface area (Å²) in [5.74, 6) is -0.663. The van der Waals surface area contributed by atoms with E-state index in [0.29, 0.717) is 17.9 Å². The fourth-order valence-corrected chi connectivity index (χ4v) is 2.83. The Morgan fingerprint density at radius 2 is 1.60 bits per heavy atom. The molecule has 0 unspecified atom stereocenters. The average molecular weight is 338 g/mol. The predicted molar refractivity (Wildman–Crippen MR) is 94.0 cm³/mol. The van der Waals surface area contributed by atoms with E-state index >= 15 is 0 Å². The molecular weight excluding hydrogens is 320 g/mol. The highest BCUT2D eigenvalue weighted by Gasteiger charge is 2.38. The Labute approximate surface area is 145 Å². The molecule has 0 bridgehead atoms. The molecule has 25 heavy (non-hydrogen) atoms. The van der Waals surface area contributed by atoms with Gasteiger partial charge in [0, 0.05) is 19.7 Å². The van der Waals surface area contributed by atoms with Crippen molar-refractivity contribution in [1.29, 1.82) is 0 Å². The van der Waals surface area contributed by atoms with E-state index in [0.717, 1.165) is 20.6 Å². The normalized spacial score (nSPS) is 15.2. The highest BCUT2D eigenvalue weighted by Crippen LogP contribution is 2.31. The molecule has 3 rings (SSSR count). The Bertz CT molecular complexity index is 891. The molecule has 0 radical (unpaired) electrons. The molecule has 1 aliphatic rings. The van der Waals surface area contributed by atoms with Crippen molar-refractivity contribution in [2.24, 2.45) is 0 Å². The van der Waals surface area contributed by atoms with Crippen LogP contribution in [0.3, 0.4) is 0 Å². The molecule has 2 aromatic rings. The summed E-state index contributed by atoms with van der Waals surface area (Å²) >= 11 is 0. The minimum absolute atomic E-state index is 0.0677. The van der Waals surface area contributed by atoms with Crippen molar-refractivity contribution >= 4 is 34.7 Å². The van der Waals surface area contributed by atoms with Gasteiger partial charge < -0.3 is 4.74 Å². The lowest BCUT2D eigenvalue weighted by Gasteiger charge is -2.29. The van der Waals surface area contributed by atoms with E-state index < -0.39 is 17.8 Å². The van der Waals surface area contributed by atoms with Crippen molar-refractivity contribution in [1.82, 2.24) is 9.80 Å². The molecule has 0 aromatic heterocycles. The average Bonchev–Trinajstić information content (AvgIpc) is 2.63. The summed E-state index contributed by atoms with van der Waals surface area (Å²) in [6, 6.07) is 10.7. The number of rotatable bonds is 3. The Hall–Kier alpha value is -3.15. The summed E-state index contributed by atoms with van der Waals surface area (Å²) in [5, 5.41) is 1.83. The van der Waals surface area contributed by atoms with Crippen LogP contribution in [0, 0.1) is 0 Å². The van der Waals surface area contributed by atoms with Gasteiger partial charge in [0.2, 0.25) is 0 Å². The molecule has 1 aliphatic heterocycles. The highest BCUT2D eigenvalue weighted by atomic mass is 16.5. The van der Waals surface area contributed by atoms with Crippen LogP contribution in [0.25, 0.3) is 16.8 Å². The van der Waals surface area contributed by atoms with E-state index in [2.05, 4.69) is 0 Å². The van der Waals surface area contributed by atoms with Gasteiger partial charge in [0.25, 0.3) is 11.8 Å². The fourth-order valence-electron chi connectivity index (χ4n) is 2.83. The third kappa shape index (κ3) is 2.76. The minimum Gasteiger partial charge on any atom is -0.493 e. The number of amides is 4. The molecule has 0 aliphatic carbocycles. The number of carbonyl (C=O) groups excluding carboxylic acids is 3. The summed E-state index contributed by atoms with van der Waals surface area (Å²) in [6.45, 7) is 2.32. The van der Waals surface area contributed by atoms with Crippen LogP contribution >= 0.6 is 0 Å². The Kier molecular flexibility index (Phi) is 4.27. The van der Waals surface area contributed by atoms with Gasteiger partial charge in [-0.15, -0.1) is 0 Å². The van der Waals surface area contributed by atoms with E-state index in [1.807, 2.05) is 43.3 Å². The SMILES string of the molecule is CCOc1ccc2ccccc2c1C=C1C(=O)N(C)C(=O)N(C)C1=O. The lowest BCUT2D eigenvalue weighted by atomic mass is 9.99. The molecule has 0 N–H and O–H groups in total. The fraction of sp³-hybridized carbons (Fsp3) is 0.211. The summed E-state index contributed by atoms with van der Waals surface area (Å²) in [7, 11) is 2.71. The maximum atomic E-state index is 12.4. The van der Waals surface area contributed by atoms with Crippen LogP contribution in [-0.4, -0.2) is 48.3 Å². The van der Waals surface area contributed by atoms with Crippen molar-refractivity contribution in [3.8, 4) is 5.75 Å². The van der Waals surface area contributed by atoms with Crippen molar-refractivity contribution in [2.45, 2.75) is 6.92 Å². The van der Waals surface area contributed by atoms with Crippen LogP contribution in [0.15, 0.2) is 42.0 Å². The topological polar surface area (TPSA) is 66.9 Å². The first-order valence-electron chi connectivity index (χ1n) is 7.92. The van der Waals surface area contributed by atoms with Crippen LogP contribution in [-0.2, 0) is 9.59 Å². The number of ether oxygens (including phenoxy) is 1. The van der Waals surface area contributed by atoms with Gasteiger partial charge in [-0.25, -0.2) is 4.79 Å². The zero-order valence-corrected chi connectivity index (χ0v) is 14.3. The zero-order valence-electron chi connectivity index (χ0n) is 14.3. The monoisotopic (exact) mass is 338 g/mol. The van der Waals surface area contributed by atoms with E-state index in [1.54, 1.807) is 0 Å². The van der Waals surface area contributed by atoms with Crippen LogP contribution in [0.2, 0.25) is 0 Å². The van der Waals surface area contributed by atoms with Gasteiger partial charge in [-0.2, -0.15) is 0 Å². The lowest BCUT2D eigenvalue weighted by Crippen LogP contribution is -2.52. The number of hydrogen-bond acceptors (Lipinski definition) is 4. The number of carbonyl (C=O) groups is 3. The number of benzene rings is 2. The Morgan fingerprint density at radius 1 is 0.960 bits per heavy atom. The standard InChI is InChI=1S/C19H18N2O4/c1-4-25-16-10-9-12-7-5-6-8-13(12)14(16)11-15-17(22)20(2)19(24)21(3)18(15)23/h5-11H,4H2,1-3H3. The van der Waals surface area contributed by atoms with Crippen molar-refractivity contribution in [2.75, 3.05) is 20.7 Å². The third-order valence-electron chi connectivity index (χ3n) is 4.16. The quantitative estimate of drug-likeness (QED) is 0.637. The second-order valence-corrected chi connectivity index (χ2v) is 5.70. The van der Waals surface area contributed by atoms with Gasteiger partial charge in [0.15, 0.2) is 0 Å². The first kappa shape index (κ1) is 16.7. The number of nitrogens with zero attached hydrogens (tertiary/aromatic N) is 2. The van der Waals surface area contributed by atoms with Crippen LogP contribution in [0.1, 0.15) is 12.5 Å². The van der Waals surface area contributed by atoms with E-state index in [1.165, 1.54) is 20.2 Å². The molecule has 6 heteroatoms. The van der Waals surface area contributed by atoms with E-state index in [9.17, 15) is 14.4 Å². The number of likely N-dealkylation sites (N-methyl/N-ethyl adjacent to an activating group) is 2. The lowest BCUT2D eigenvalue weighted by molar-refractivity contribution is -0.134. The summed E-state index contributed by atoms with van der Waals surface area (Å²) in [5.41, 5.74) is 0.578. The third-order valence-corrected chi connectivity index (χ3v) is 4.16. The summed E-state index contributed by atoms with van der Waals surface area (Å²) in [6.07, 6.45) is 1.51. The van der Waals surface area contributed by atoms with Crippen LogP contribution in [0.4, 0.5) is 4.79 Å². The maximum Gasteiger partial charge on any atom is 0.333 e. The Morgan fingerprint density at radius 3 is 2.24 bits per heavy atom. The zero-order chi connectivity index (χ0) is 18.1. The molecule has 4 amide bonds. The van der Waals surface area contributed by atoms with Gasteiger partial charge in [0.1, 0.15) is 11.3 Å². The van der Waals surface area contributed by atoms with E-state index in [4.69, 9.17) is 4.74 Å². The first-order chi connectivity index (χ1) is 12.0. The van der Waals surface area contributed by atoms with Crippen molar-refractivity contribution < 1.29 is 19.1 Å². The predicted octanol–water partition coefficient (Wildman–Crippen LogP) is 2.67. The number of barbiturate groups is 1. The summed E-state index contributed by atoms with van der Waals surface area (Å²) < 4.78 is 5.67. The number of imide groups is 2. The largest absolute Gasteiger partial charge is 0.493 e. The number of hydrogen-bond donors (Lipinski definition) is 0. The van der Waals surface area contributed by atoms with Gasteiger partial charge in [-0.1, -0.05) is 30.3 Å². The molecule has 0 saturated carbocycles. The second kappa shape index (κ2) is 6.39. The number of fused-ring (bicyclic) bond motifs is 1. The van der Waals surface area contributed by atoms with E-state index in [-0.39, 0.29) is 5.57 Å².